The van der Waals surface area contributed by atoms with Gasteiger partial charge in [-0.15, -0.1) is 0 Å². The quantitative estimate of drug-likeness (QED) is 0.785. The van der Waals surface area contributed by atoms with E-state index in [1.165, 1.54) is 30.8 Å². The normalized spacial score (nSPS) is 27.8. The summed E-state index contributed by atoms with van der Waals surface area (Å²) >= 11 is 2.08. The smallest absolute Gasteiger partial charge is 0.0600 e. The summed E-state index contributed by atoms with van der Waals surface area (Å²) in [5.41, 5.74) is 0. The first kappa shape index (κ1) is 12.7. The maximum absolute atomic E-state index is 5.92. The lowest BCUT2D eigenvalue weighted by atomic mass is 10.1. The van der Waals surface area contributed by atoms with Crippen LogP contribution in [-0.2, 0) is 4.74 Å². The summed E-state index contributed by atoms with van der Waals surface area (Å²) in [7, 11) is 2.24. The number of hydrogen-bond acceptors (Lipinski definition) is 4. The summed E-state index contributed by atoms with van der Waals surface area (Å²) in [4.78, 5) is 2.47. The number of nitrogens with one attached hydrogen (secondary N) is 1. The van der Waals surface area contributed by atoms with Crippen molar-refractivity contribution in [3.05, 3.63) is 0 Å². The zero-order chi connectivity index (χ0) is 11.2. The van der Waals surface area contributed by atoms with E-state index in [-0.39, 0.29) is 0 Å². The third-order valence-corrected chi connectivity index (χ3v) is 4.76. The molecule has 4 heteroatoms. The summed E-state index contributed by atoms with van der Waals surface area (Å²) in [5.74, 6) is 2.65. The van der Waals surface area contributed by atoms with Crippen LogP contribution < -0.4 is 5.32 Å². The van der Waals surface area contributed by atoms with Gasteiger partial charge >= 0.3 is 0 Å². The van der Waals surface area contributed by atoms with E-state index in [1.54, 1.807) is 0 Å². The van der Waals surface area contributed by atoms with Gasteiger partial charge in [0, 0.05) is 18.3 Å². The van der Waals surface area contributed by atoms with Gasteiger partial charge in [-0.1, -0.05) is 0 Å². The first-order valence-electron chi connectivity index (χ1n) is 6.46. The molecular formula is C12H24N2OS. The minimum atomic E-state index is 0.507. The SMILES string of the molecule is CN(CCOC1CCNCC1)C1CCSC1. The molecule has 0 spiro atoms. The van der Waals surface area contributed by atoms with Gasteiger partial charge in [0.15, 0.2) is 0 Å². The second-order valence-electron chi connectivity index (χ2n) is 4.82. The molecule has 94 valence electrons. The van der Waals surface area contributed by atoms with Gasteiger partial charge in [0.1, 0.15) is 0 Å². The van der Waals surface area contributed by atoms with Gasteiger partial charge in [0.05, 0.1) is 12.7 Å². The molecule has 2 heterocycles. The lowest BCUT2D eigenvalue weighted by Gasteiger charge is -2.26. The predicted molar refractivity (Wildman–Crippen MR) is 70.2 cm³/mol. The number of likely N-dealkylation sites (N-methyl/N-ethyl adjacent to an activating group) is 1. The van der Waals surface area contributed by atoms with Gasteiger partial charge in [-0.25, -0.2) is 0 Å². The van der Waals surface area contributed by atoms with Gasteiger partial charge in [0.2, 0.25) is 0 Å². The van der Waals surface area contributed by atoms with Crippen LogP contribution in [0.2, 0.25) is 0 Å². The molecule has 2 aliphatic heterocycles. The molecule has 0 bridgehead atoms. The van der Waals surface area contributed by atoms with Gasteiger partial charge in [-0.3, -0.25) is 0 Å². The zero-order valence-corrected chi connectivity index (χ0v) is 11.1. The lowest BCUT2D eigenvalue weighted by Crippen LogP contribution is -2.37. The maximum atomic E-state index is 5.92. The molecule has 2 saturated heterocycles. The predicted octanol–water partition coefficient (Wildman–Crippen LogP) is 1.19. The maximum Gasteiger partial charge on any atom is 0.0600 e. The molecule has 2 fully saturated rings. The fourth-order valence-electron chi connectivity index (χ4n) is 2.38. The lowest BCUT2D eigenvalue weighted by molar-refractivity contribution is 0.0195. The molecule has 0 amide bonds. The Labute approximate surface area is 103 Å². The highest BCUT2D eigenvalue weighted by atomic mass is 32.2. The Morgan fingerprint density at radius 2 is 2.12 bits per heavy atom. The number of ether oxygens (including phenoxy) is 1. The molecule has 16 heavy (non-hydrogen) atoms. The van der Waals surface area contributed by atoms with Crippen LogP contribution in [-0.4, -0.2) is 61.8 Å². The van der Waals surface area contributed by atoms with E-state index < -0.39 is 0 Å². The van der Waals surface area contributed by atoms with Crippen LogP contribution in [0.25, 0.3) is 0 Å². The molecule has 0 aromatic heterocycles. The second-order valence-corrected chi connectivity index (χ2v) is 5.97. The number of nitrogens with zero attached hydrogens (tertiary/aromatic N) is 1. The third kappa shape index (κ3) is 3.91. The summed E-state index contributed by atoms with van der Waals surface area (Å²) < 4.78 is 5.92. The molecule has 1 atom stereocenters. The van der Waals surface area contributed by atoms with Gasteiger partial charge in [-0.2, -0.15) is 11.8 Å². The molecule has 0 aromatic carbocycles. The summed E-state index contributed by atoms with van der Waals surface area (Å²) in [6, 6.07) is 0.793. The molecule has 0 radical (unpaired) electrons. The Hall–Kier alpha value is 0.230. The minimum absolute atomic E-state index is 0.507. The Morgan fingerprint density at radius 1 is 1.31 bits per heavy atom. The fourth-order valence-corrected chi connectivity index (χ4v) is 3.68. The van der Waals surface area contributed by atoms with Gasteiger partial charge < -0.3 is 15.0 Å². The molecule has 1 N–H and O–H groups in total. The monoisotopic (exact) mass is 244 g/mol. The van der Waals surface area contributed by atoms with Crippen molar-refractivity contribution in [2.45, 2.75) is 31.4 Å². The van der Waals surface area contributed by atoms with Crippen LogP contribution in [0.15, 0.2) is 0 Å². The number of thioether (sulfide) groups is 1. The third-order valence-electron chi connectivity index (χ3n) is 3.61. The van der Waals surface area contributed by atoms with Crippen molar-refractivity contribution in [1.29, 1.82) is 0 Å². The Bertz CT molecular complexity index is 191. The fraction of sp³-hybridized carbons (Fsp3) is 1.00. The van der Waals surface area contributed by atoms with E-state index in [4.69, 9.17) is 4.74 Å². The molecular weight excluding hydrogens is 220 g/mol. The number of hydrogen-bond donors (Lipinski definition) is 1. The molecule has 0 aromatic rings. The van der Waals surface area contributed by atoms with Crippen LogP contribution in [0.3, 0.4) is 0 Å². The Balaban J connectivity index is 1.56. The zero-order valence-electron chi connectivity index (χ0n) is 10.3. The van der Waals surface area contributed by atoms with Crippen molar-refractivity contribution in [3.8, 4) is 0 Å². The van der Waals surface area contributed by atoms with Crippen molar-refractivity contribution in [2.24, 2.45) is 0 Å². The van der Waals surface area contributed by atoms with Crippen LogP contribution in [0.1, 0.15) is 19.3 Å². The molecule has 0 aliphatic carbocycles. The minimum Gasteiger partial charge on any atom is -0.377 e. The first-order valence-corrected chi connectivity index (χ1v) is 7.62. The Kier molecular flexibility index (Phi) is 5.42. The summed E-state index contributed by atoms with van der Waals surface area (Å²) in [5, 5.41) is 3.37. The van der Waals surface area contributed by atoms with Gasteiger partial charge in [-0.05, 0) is 45.2 Å². The van der Waals surface area contributed by atoms with E-state index in [2.05, 4.69) is 29.0 Å². The van der Waals surface area contributed by atoms with Crippen molar-refractivity contribution in [1.82, 2.24) is 10.2 Å². The van der Waals surface area contributed by atoms with E-state index in [0.717, 1.165) is 32.3 Å². The molecule has 1 unspecified atom stereocenters. The topological polar surface area (TPSA) is 24.5 Å². The molecule has 2 rings (SSSR count). The first-order chi connectivity index (χ1) is 7.86. The van der Waals surface area contributed by atoms with Crippen molar-refractivity contribution < 1.29 is 4.74 Å². The second kappa shape index (κ2) is 6.84. The van der Waals surface area contributed by atoms with Crippen molar-refractivity contribution in [2.75, 3.05) is 44.8 Å². The highest BCUT2D eigenvalue weighted by Crippen LogP contribution is 2.21. The summed E-state index contributed by atoms with van der Waals surface area (Å²) in [6.07, 6.45) is 4.23. The molecule has 3 nitrogen and oxygen atoms in total. The highest BCUT2D eigenvalue weighted by molar-refractivity contribution is 7.99. The highest BCUT2D eigenvalue weighted by Gasteiger charge is 2.20. The van der Waals surface area contributed by atoms with Crippen molar-refractivity contribution in [3.63, 3.8) is 0 Å². The van der Waals surface area contributed by atoms with E-state index in [0.29, 0.717) is 6.10 Å². The van der Waals surface area contributed by atoms with Crippen LogP contribution >= 0.6 is 11.8 Å². The van der Waals surface area contributed by atoms with E-state index in [1.807, 2.05) is 0 Å². The van der Waals surface area contributed by atoms with E-state index >= 15 is 0 Å². The number of piperidine rings is 1. The average Bonchev–Trinajstić information content (AvgIpc) is 2.84. The van der Waals surface area contributed by atoms with Crippen LogP contribution in [0.5, 0.6) is 0 Å². The largest absolute Gasteiger partial charge is 0.377 e. The van der Waals surface area contributed by atoms with Gasteiger partial charge in [0.25, 0.3) is 0 Å². The number of rotatable bonds is 5. The summed E-state index contributed by atoms with van der Waals surface area (Å²) in [6.45, 7) is 4.25. The van der Waals surface area contributed by atoms with E-state index in [9.17, 15) is 0 Å². The van der Waals surface area contributed by atoms with Crippen LogP contribution in [0, 0.1) is 0 Å². The average molecular weight is 244 g/mol. The molecule has 0 saturated carbocycles. The van der Waals surface area contributed by atoms with Crippen LogP contribution in [0.4, 0.5) is 0 Å². The standard InChI is InChI=1S/C12H24N2OS/c1-14(11-4-9-16-10-11)7-8-15-12-2-5-13-6-3-12/h11-13H,2-10H2,1H3. The Morgan fingerprint density at radius 3 is 2.81 bits per heavy atom. The molecule has 2 aliphatic rings. The van der Waals surface area contributed by atoms with Crippen molar-refractivity contribution >= 4 is 11.8 Å².